The van der Waals surface area contributed by atoms with Gasteiger partial charge in [0.15, 0.2) is 11.1 Å². The molecule has 226 valence electrons. The number of aliphatic carboxylic acids is 1. The Hall–Kier alpha value is -2.89. The second-order valence-electron chi connectivity index (χ2n) is 10.7. The Morgan fingerprint density at radius 3 is 2.46 bits per heavy atom. The summed E-state index contributed by atoms with van der Waals surface area (Å²) in [7, 11) is 0. The van der Waals surface area contributed by atoms with E-state index in [-0.39, 0.29) is 42.2 Å². The van der Waals surface area contributed by atoms with Crippen LogP contribution in [0.5, 0.6) is 11.5 Å². The molecule has 2 aliphatic heterocycles. The third-order valence-corrected chi connectivity index (χ3v) is 8.52. The van der Waals surface area contributed by atoms with Crippen LogP contribution < -0.4 is 19.3 Å². The summed E-state index contributed by atoms with van der Waals surface area (Å²) >= 11 is -1.80. The minimum Gasteiger partial charge on any atom is -0.494 e. The van der Waals surface area contributed by atoms with Gasteiger partial charge in [-0.2, -0.15) is 0 Å². The fourth-order valence-corrected chi connectivity index (χ4v) is 6.13. The quantitative estimate of drug-likeness (QED) is 0.232. The molecule has 0 bridgehead atoms. The average Bonchev–Trinajstić information content (AvgIpc) is 3.24. The molecule has 0 radical (unpaired) electrons. The van der Waals surface area contributed by atoms with Crippen LogP contribution in [0.4, 0.5) is 15.8 Å². The van der Waals surface area contributed by atoms with Crippen molar-refractivity contribution in [3.8, 4) is 11.5 Å². The molecule has 2 aliphatic rings. The number of piperidine rings is 1. The fraction of sp³-hybridized carbons (Fsp3) is 0.567. The summed E-state index contributed by atoms with van der Waals surface area (Å²) in [4.78, 5) is 15.8. The van der Waals surface area contributed by atoms with Gasteiger partial charge < -0.3 is 33.7 Å². The van der Waals surface area contributed by atoms with E-state index >= 15 is 0 Å². The summed E-state index contributed by atoms with van der Waals surface area (Å²) in [5, 5.41) is 9.54. The van der Waals surface area contributed by atoms with Crippen molar-refractivity contribution in [3.63, 3.8) is 0 Å². The second-order valence-corrected chi connectivity index (χ2v) is 11.7. The third-order valence-electron chi connectivity index (χ3n) is 7.88. The zero-order chi connectivity index (χ0) is 29.4. The maximum atomic E-state index is 14.5. The van der Waals surface area contributed by atoms with Gasteiger partial charge >= 0.3 is 5.97 Å². The van der Waals surface area contributed by atoms with E-state index in [2.05, 4.69) is 4.90 Å². The van der Waals surface area contributed by atoms with E-state index in [4.69, 9.17) is 18.8 Å². The largest absolute Gasteiger partial charge is 0.494 e. The molecule has 2 fully saturated rings. The number of hydrogen-bond acceptors (Lipinski definition) is 7. The van der Waals surface area contributed by atoms with E-state index in [0.29, 0.717) is 57.1 Å². The number of carbonyl (C=O) groups is 1. The van der Waals surface area contributed by atoms with Crippen molar-refractivity contribution in [2.24, 2.45) is 5.92 Å². The molecular formula is C30H41FN2O7S. The van der Waals surface area contributed by atoms with Crippen LogP contribution in [0.1, 0.15) is 46.0 Å². The van der Waals surface area contributed by atoms with Crippen LogP contribution in [0.2, 0.25) is 0 Å². The number of nitrogens with zero attached hydrogens (tertiary/aromatic N) is 2. The smallest absolute Gasteiger partial charge is 0.305 e. The van der Waals surface area contributed by atoms with Gasteiger partial charge in [-0.15, -0.1) is 0 Å². The summed E-state index contributed by atoms with van der Waals surface area (Å²) in [6.45, 7) is 6.85. The predicted octanol–water partition coefficient (Wildman–Crippen LogP) is 4.96. The normalized spacial score (nSPS) is 22.1. The molecule has 2 aromatic rings. The minimum absolute atomic E-state index is 0.00934. The lowest BCUT2D eigenvalue weighted by Gasteiger charge is -2.34. The summed E-state index contributed by atoms with van der Waals surface area (Å²) < 4.78 is 52.1. The molecule has 0 saturated carbocycles. The number of carboxylic acids is 1. The van der Waals surface area contributed by atoms with Crippen molar-refractivity contribution < 1.29 is 37.3 Å². The molecule has 2 saturated heterocycles. The van der Waals surface area contributed by atoms with Crippen molar-refractivity contribution in [2.75, 3.05) is 48.4 Å². The number of hydrogen-bond donors (Lipinski definition) is 2. The van der Waals surface area contributed by atoms with Crippen molar-refractivity contribution in [2.45, 2.75) is 64.2 Å². The van der Waals surface area contributed by atoms with E-state index in [0.717, 1.165) is 24.3 Å². The van der Waals surface area contributed by atoms with Crippen LogP contribution in [-0.2, 0) is 20.6 Å². The van der Waals surface area contributed by atoms with E-state index in [1.807, 2.05) is 43.0 Å². The number of anilines is 2. The summed E-state index contributed by atoms with van der Waals surface area (Å²) in [5.74, 6) is 0.536. The number of ether oxygens (including phenoxy) is 3. The standard InChI is InChI=1S/C30H41FN2O7S/c1-3-38-25-10-11-26(31)28(18-25)32-14-12-24(13-15-32)40-23-8-6-22(7-9-23)33-20-29(21(2)27(33)19-30(34)35)39-16-4-5-17-41(36)37/h6-11,18,21,24,27,29H,3-5,12-17,19-20H2,1-2H3,(H,34,35)(H,36,37)/t21-,27-,29-/m0/s1. The molecule has 0 spiro atoms. The first-order valence-electron chi connectivity index (χ1n) is 14.4. The molecule has 11 heteroatoms. The highest BCUT2D eigenvalue weighted by molar-refractivity contribution is 7.79. The van der Waals surface area contributed by atoms with Crippen LogP contribution in [-0.4, -0.2) is 76.7 Å². The van der Waals surface area contributed by atoms with Gasteiger partial charge in [0, 0.05) is 68.5 Å². The van der Waals surface area contributed by atoms with Crippen molar-refractivity contribution in [1.29, 1.82) is 0 Å². The fourth-order valence-electron chi connectivity index (χ4n) is 5.68. The lowest BCUT2D eigenvalue weighted by Crippen LogP contribution is -2.38. The Balaban J connectivity index is 1.32. The van der Waals surface area contributed by atoms with E-state index in [1.54, 1.807) is 12.1 Å². The molecule has 9 nitrogen and oxygen atoms in total. The van der Waals surface area contributed by atoms with Gasteiger partial charge in [0.2, 0.25) is 0 Å². The molecule has 2 heterocycles. The van der Waals surface area contributed by atoms with Crippen LogP contribution >= 0.6 is 0 Å². The molecule has 4 rings (SSSR count). The third kappa shape index (κ3) is 8.56. The van der Waals surface area contributed by atoms with Crippen molar-refractivity contribution in [3.05, 3.63) is 48.3 Å². The SMILES string of the molecule is CCOc1ccc(F)c(N2CCC(Oc3ccc(N4C[C@H](OCCCCS(=O)O)[C@@H](C)[C@@H]4CC(=O)O)cc3)CC2)c1. The number of carboxylic acid groups (broad SMARTS) is 1. The van der Waals surface area contributed by atoms with Crippen LogP contribution in [0.15, 0.2) is 42.5 Å². The highest BCUT2D eigenvalue weighted by atomic mass is 32.2. The lowest BCUT2D eigenvalue weighted by molar-refractivity contribution is -0.137. The Kier molecular flexibility index (Phi) is 11.2. The monoisotopic (exact) mass is 592 g/mol. The highest BCUT2D eigenvalue weighted by Gasteiger charge is 2.40. The molecule has 0 aliphatic carbocycles. The summed E-state index contributed by atoms with van der Waals surface area (Å²) in [6.07, 6.45) is 2.70. The molecule has 41 heavy (non-hydrogen) atoms. The van der Waals surface area contributed by atoms with Gasteiger partial charge in [0.05, 0.1) is 24.8 Å². The van der Waals surface area contributed by atoms with Crippen LogP contribution in [0.3, 0.4) is 0 Å². The average molecular weight is 593 g/mol. The van der Waals surface area contributed by atoms with Gasteiger partial charge in [-0.25, -0.2) is 8.60 Å². The molecule has 1 unspecified atom stereocenters. The Labute approximate surface area is 243 Å². The van der Waals surface area contributed by atoms with Crippen LogP contribution in [0, 0.1) is 11.7 Å². The van der Waals surface area contributed by atoms with E-state index < -0.39 is 17.0 Å². The summed E-state index contributed by atoms with van der Waals surface area (Å²) in [5.41, 5.74) is 1.47. The van der Waals surface area contributed by atoms with Crippen LogP contribution in [0.25, 0.3) is 0 Å². The Bertz CT molecular complexity index is 1160. The number of unbranched alkanes of at least 4 members (excludes halogenated alkanes) is 1. The minimum atomic E-state index is -1.80. The highest BCUT2D eigenvalue weighted by Crippen LogP contribution is 2.35. The molecule has 2 aromatic carbocycles. The van der Waals surface area contributed by atoms with E-state index in [1.165, 1.54) is 6.07 Å². The maximum Gasteiger partial charge on any atom is 0.305 e. The zero-order valence-electron chi connectivity index (χ0n) is 23.7. The molecule has 4 atom stereocenters. The van der Waals surface area contributed by atoms with Crippen molar-refractivity contribution in [1.82, 2.24) is 0 Å². The van der Waals surface area contributed by atoms with Crippen molar-refractivity contribution >= 4 is 28.4 Å². The van der Waals surface area contributed by atoms with Gasteiger partial charge in [-0.05, 0) is 56.2 Å². The maximum absolute atomic E-state index is 14.5. The van der Waals surface area contributed by atoms with Gasteiger partial charge in [0.25, 0.3) is 0 Å². The van der Waals surface area contributed by atoms with Gasteiger partial charge in [-0.3, -0.25) is 4.79 Å². The zero-order valence-corrected chi connectivity index (χ0v) is 24.6. The second kappa shape index (κ2) is 14.8. The first kappa shape index (κ1) is 31.1. The number of benzene rings is 2. The van der Waals surface area contributed by atoms with Gasteiger partial charge in [-0.1, -0.05) is 6.92 Å². The molecule has 2 N–H and O–H groups in total. The topological polar surface area (TPSA) is 109 Å². The predicted molar refractivity (Wildman–Crippen MR) is 157 cm³/mol. The summed E-state index contributed by atoms with van der Waals surface area (Å²) in [6, 6.07) is 12.4. The Morgan fingerprint density at radius 2 is 1.80 bits per heavy atom. The molecule has 0 aromatic heterocycles. The Morgan fingerprint density at radius 1 is 1.10 bits per heavy atom. The van der Waals surface area contributed by atoms with E-state index in [9.17, 15) is 18.5 Å². The molecular weight excluding hydrogens is 551 g/mol. The first-order chi connectivity index (χ1) is 19.7. The number of rotatable bonds is 14. The molecule has 0 amide bonds. The lowest BCUT2D eigenvalue weighted by atomic mass is 9.97. The first-order valence-corrected chi connectivity index (χ1v) is 15.6. The van der Waals surface area contributed by atoms with Gasteiger partial charge in [0.1, 0.15) is 23.4 Å². The number of halogens is 1.